The molecule has 6 heteroatoms. The molecule has 1 aliphatic carbocycles. The highest BCUT2D eigenvalue weighted by atomic mass is 19.1. The van der Waals surface area contributed by atoms with Crippen LogP contribution in [0.1, 0.15) is 40.5 Å². The fraction of sp³-hybridized carbons (Fsp3) is 0.267. The van der Waals surface area contributed by atoms with Crippen molar-refractivity contribution in [1.82, 2.24) is 9.97 Å². The van der Waals surface area contributed by atoms with Gasteiger partial charge in [-0.3, -0.25) is 0 Å². The lowest BCUT2D eigenvalue weighted by Gasteiger charge is -2.26. The first-order valence-corrected chi connectivity index (χ1v) is 6.74. The monoisotopic (exact) mass is 287 g/mol. The van der Waals surface area contributed by atoms with E-state index in [-0.39, 0.29) is 23.5 Å². The van der Waals surface area contributed by atoms with Crippen LogP contribution in [0.25, 0.3) is 0 Å². The van der Waals surface area contributed by atoms with Gasteiger partial charge in [-0.15, -0.1) is 0 Å². The Morgan fingerprint density at radius 3 is 3.05 bits per heavy atom. The summed E-state index contributed by atoms with van der Waals surface area (Å²) in [6.45, 7) is 0. The topological polar surface area (TPSA) is 75.1 Å². The number of hydrogen-bond donors (Lipinski definition) is 2. The Morgan fingerprint density at radius 1 is 1.38 bits per heavy atom. The first-order valence-electron chi connectivity index (χ1n) is 6.74. The maximum atomic E-state index is 13.4. The first kappa shape index (κ1) is 13.5. The maximum absolute atomic E-state index is 13.4. The Balaban J connectivity index is 1.88. The van der Waals surface area contributed by atoms with Crippen molar-refractivity contribution in [2.45, 2.75) is 25.3 Å². The highest BCUT2D eigenvalue weighted by Gasteiger charge is 2.21. The van der Waals surface area contributed by atoms with Crippen LogP contribution in [0.15, 0.2) is 30.5 Å². The summed E-state index contributed by atoms with van der Waals surface area (Å²) in [5.41, 5.74) is 1.93. The minimum atomic E-state index is -1.10. The molecule has 0 aliphatic heterocycles. The molecule has 1 aromatic carbocycles. The number of nitrogens with zero attached hydrogens (tertiary/aromatic N) is 2. The number of aromatic nitrogens is 2. The van der Waals surface area contributed by atoms with Crippen LogP contribution in [0, 0.1) is 5.82 Å². The van der Waals surface area contributed by atoms with E-state index in [9.17, 15) is 9.18 Å². The van der Waals surface area contributed by atoms with E-state index in [0.29, 0.717) is 0 Å². The molecule has 0 unspecified atom stereocenters. The van der Waals surface area contributed by atoms with E-state index < -0.39 is 5.97 Å². The van der Waals surface area contributed by atoms with E-state index >= 15 is 0 Å². The van der Waals surface area contributed by atoms with Gasteiger partial charge in [-0.2, -0.15) is 0 Å². The summed E-state index contributed by atoms with van der Waals surface area (Å²) in [6.07, 6.45) is 4.13. The first-order chi connectivity index (χ1) is 10.1. The van der Waals surface area contributed by atoms with E-state index in [1.54, 1.807) is 6.07 Å². The van der Waals surface area contributed by atoms with Crippen LogP contribution < -0.4 is 5.32 Å². The zero-order chi connectivity index (χ0) is 14.8. The highest BCUT2D eigenvalue weighted by Crippen LogP contribution is 2.32. The largest absolute Gasteiger partial charge is 0.477 e. The van der Waals surface area contributed by atoms with Crippen LogP contribution in [0.2, 0.25) is 0 Å². The zero-order valence-corrected chi connectivity index (χ0v) is 11.2. The average molecular weight is 287 g/mol. The molecular formula is C15H14FN3O2. The lowest BCUT2D eigenvalue weighted by Crippen LogP contribution is -2.19. The van der Waals surface area contributed by atoms with Crippen LogP contribution in [0.5, 0.6) is 0 Å². The third kappa shape index (κ3) is 2.84. The molecule has 108 valence electrons. The molecule has 0 fully saturated rings. The van der Waals surface area contributed by atoms with Gasteiger partial charge in [-0.05, 0) is 48.6 Å². The SMILES string of the molecule is O=C(O)c1ccnc(N[C@@H]2CCCc3ccc(F)cc32)n1. The fourth-order valence-electron chi connectivity index (χ4n) is 2.62. The summed E-state index contributed by atoms with van der Waals surface area (Å²) in [6, 6.07) is 6.01. The summed E-state index contributed by atoms with van der Waals surface area (Å²) < 4.78 is 13.4. The van der Waals surface area contributed by atoms with Gasteiger partial charge in [0.25, 0.3) is 0 Å². The molecule has 1 heterocycles. The number of aryl methyl sites for hydroxylation is 1. The molecule has 0 saturated heterocycles. The molecule has 0 radical (unpaired) electrons. The van der Waals surface area contributed by atoms with Gasteiger partial charge >= 0.3 is 5.97 Å². The van der Waals surface area contributed by atoms with Crippen molar-refractivity contribution in [2.75, 3.05) is 5.32 Å². The van der Waals surface area contributed by atoms with Crippen molar-refractivity contribution in [2.24, 2.45) is 0 Å². The Labute approximate surface area is 120 Å². The number of rotatable bonds is 3. The van der Waals surface area contributed by atoms with Crippen LogP contribution in [-0.2, 0) is 6.42 Å². The number of halogens is 1. The van der Waals surface area contributed by atoms with Crippen molar-refractivity contribution in [3.63, 3.8) is 0 Å². The molecule has 2 aromatic rings. The summed E-state index contributed by atoms with van der Waals surface area (Å²) in [5, 5.41) is 12.0. The zero-order valence-electron chi connectivity index (χ0n) is 11.2. The number of aromatic carboxylic acids is 1. The number of anilines is 1. The number of fused-ring (bicyclic) bond motifs is 1. The van der Waals surface area contributed by atoms with Gasteiger partial charge in [0.1, 0.15) is 5.82 Å². The van der Waals surface area contributed by atoms with E-state index in [1.165, 1.54) is 24.4 Å². The Bertz CT molecular complexity index is 690. The lowest BCUT2D eigenvalue weighted by atomic mass is 9.87. The lowest BCUT2D eigenvalue weighted by molar-refractivity contribution is 0.0690. The van der Waals surface area contributed by atoms with Gasteiger partial charge in [0, 0.05) is 6.20 Å². The van der Waals surface area contributed by atoms with E-state index in [2.05, 4.69) is 15.3 Å². The number of carboxylic acids is 1. The van der Waals surface area contributed by atoms with E-state index in [0.717, 1.165) is 30.4 Å². The van der Waals surface area contributed by atoms with Gasteiger partial charge in [-0.1, -0.05) is 6.07 Å². The number of benzene rings is 1. The van der Waals surface area contributed by atoms with Crippen LogP contribution in [0.3, 0.4) is 0 Å². The van der Waals surface area contributed by atoms with Gasteiger partial charge < -0.3 is 10.4 Å². The van der Waals surface area contributed by atoms with Crippen LogP contribution >= 0.6 is 0 Å². The second-order valence-electron chi connectivity index (χ2n) is 5.00. The third-order valence-electron chi connectivity index (χ3n) is 3.60. The van der Waals surface area contributed by atoms with E-state index in [1.807, 2.05) is 0 Å². The van der Waals surface area contributed by atoms with Crippen LogP contribution in [0.4, 0.5) is 10.3 Å². The highest BCUT2D eigenvalue weighted by molar-refractivity contribution is 5.85. The van der Waals surface area contributed by atoms with Crippen molar-refractivity contribution in [1.29, 1.82) is 0 Å². The number of nitrogens with one attached hydrogen (secondary N) is 1. The van der Waals surface area contributed by atoms with Crippen molar-refractivity contribution in [3.05, 3.63) is 53.1 Å². The number of carbonyl (C=O) groups is 1. The second-order valence-corrected chi connectivity index (χ2v) is 5.00. The molecule has 2 N–H and O–H groups in total. The molecule has 21 heavy (non-hydrogen) atoms. The molecule has 5 nitrogen and oxygen atoms in total. The van der Waals surface area contributed by atoms with Crippen molar-refractivity contribution < 1.29 is 14.3 Å². The van der Waals surface area contributed by atoms with Gasteiger partial charge in [0.15, 0.2) is 5.69 Å². The number of carboxylic acid groups (broad SMARTS) is 1. The van der Waals surface area contributed by atoms with Gasteiger partial charge in [-0.25, -0.2) is 19.2 Å². The van der Waals surface area contributed by atoms with Gasteiger partial charge in [0.05, 0.1) is 6.04 Å². The van der Waals surface area contributed by atoms with Crippen molar-refractivity contribution >= 4 is 11.9 Å². The average Bonchev–Trinajstić information content (AvgIpc) is 2.48. The molecule has 3 rings (SSSR count). The minimum absolute atomic E-state index is 0.0669. The fourth-order valence-corrected chi connectivity index (χ4v) is 2.62. The van der Waals surface area contributed by atoms with E-state index in [4.69, 9.17) is 5.11 Å². The summed E-state index contributed by atoms with van der Waals surface area (Å²) in [5.74, 6) is -1.13. The molecular weight excluding hydrogens is 273 g/mol. The molecule has 1 atom stereocenters. The maximum Gasteiger partial charge on any atom is 0.354 e. The summed E-state index contributed by atoms with van der Waals surface area (Å²) >= 11 is 0. The standard InChI is InChI=1S/C15H14FN3O2/c16-10-5-4-9-2-1-3-12(11(9)8-10)18-15-17-7-6-13(19-15)14(20)21/h4-8,12H,1-3H2,(H,20,21)(H,17,18,19)/t12-/m1/s1. The van der Waals surface area contributed by atoms with Crippen LogP contribution in [-0.4, -0.2) is 21.0 Å². The summed E-state index contributed by atoms with van der Waals surface area (Å²) in [7, 11) is 0. The second kappa shape index (κ2) is 5.47. The molecule has 0 spiro atoms. The minimum Gasteiger partial charge on any atom is -0.477 e. The normalized spacial score (nSPS) is 17.1. The predicted octanol–water partition coefficient (Wildman–Crippen LogP) is 2.80. The quantitative estimate of drug-likeness (QED) is 0.908. The van der Waals surface area contributed by atoms with Gasteiger partial charge in [0.2, 0.25) is 5.95 Å². The predicted molar refractivity (Wildman–Crippen MR) is 74.7 cm³/mol. The third-order valence-corrected chi connectivity index (χ3v) is 3.60. The molecule has 1 aromatic heterocycles. The Hall–Kier alpha value is -2.50. The van der Waals surface area contributed by atoms with Crippen molar-refractivity contribution in [3.8, 4) is 0 Å². The summed E-state index contributed by atoms with van der Waals surface area (Å²) in [4.78, 5) is 18.9. The Morgan fingerprint density at radius 2 is 2.24 bits per heavy atom. The smallest absolute Gasteiger partial charge is 0.354 e. The Kier molecular flexibility index (Phi) is 3.51. The molecule has 0 amide bonds. The number of hydrogen-bond acceptors (Lipinski definition) is 4. The molecule has 1 aliphatic rings. The molecule has 0 bridgehead atoms. The molecule has 0 saturated carbocycles.